The fourth-order valence-corrected chi connectivity index (χ4v) is 4.51. The van der Waals surface area contributed by atoms with E-state index < -0.39 is 14.8 Å². The van der Waals surface area contributed by atoms with E-state index in [0.29, 0.717) is 11.1 Å². The number of para-hydroxylation sites is 1. The highest BCUT2D eigenvalue weighted by Gasteiger charge is 2.19. The van der Waals surface area contributed by atoms with E-state index in [0.717, 1.165) is 16.8 Å². The Labute approximate surface area is 164 Å². The molecule has 2 aromatic rings. The number of sulfone groups is 1. The van der Waals surface area contributed by atoms with Crippen LogP contribution >= 0.6 is 0 Å². The van der Waals surface area contributed by atoms with Crippen LogP contribution in [0.15, 0.2) is 36.4 Å². The molecule has 0 aliphatic heterocycles. The summed E-state index contributed by atoms with van der Waals surface area (Å²) in [5, 5.41) is 13.8. The van der Waals surface area contributed by atoms with Crippen molar-refractivity contribution in [1.82, 2.24) is 0 Å². The smallest absolute Gasteiger partial charge is 0.272 e. The molecular formula is C20H24N2O5S. The van der Waals surface area contributed by atoms with Crippen LogP contribution in [0.5, 0.6) is 0 Å². The van der Waals surface area contributed by atoms with E-state index in [4.69, 9.17) is 0 Å². The lowest BCUT2D eigenvalue weighted by atomic mass is 10.1. The number of nitro groups is 1. The minimum absolute atomic E-state index is 0.0842. The number of carbonyl (C=O) groups is 1. The molecule has 1 amide bonds. The fraction of sp³-hybridized carbons (Fsp3) is 0.350. The summed E-state index contributed by atoms with van der Waals surface area (Å²) in [4.78, 5) is 22.6. The highest BCUT2D eigenvalue weighted by molar-refractivity contribution is 7.90. The van der Waals surface area contributed by atoms with Crippen LogP contribution in [0.3, 0.4) is 0 Å². The van der Waals surface area contributed by atoms with E-state index in [1.807, 2.05) is 32.0 Å². The number of hydrogen-bond acceptors (Lipinski definition) is 5. The number of amides is 1. The van der Waals surface area contributed by atoms with Crippen LogP contribution in [0.2, 0.25) is 0 Å². The average molecular weight is 404 g/mol. The molecule has 0 spiro atoms. The third-order valence-corrected chi connectivity index (χ3v) is 6.26. The molecule has 1 N–H and O–H groups in total. The van der Waals surface area contributed by atoms with Crippen LogP contribution in [0.25, 0.3) is 0 Å². The molecule has 150 valence electrons. The van der Waals surface area contributed by atoms with E-state index in [2.05, 4.69) is 5.32 Å². The molecule has 0 heterocycles. The molecule has 0 saturated carbocycles. The summed E-state index contributed by atoms with van der Waals surface area (Å²) in [6, 6.07) is 10.1. The Bertz CT molecular complexity index is 979. The van der Waals surface area contributed by atoms with E-state index in [-0.39, 0.29) is 35.9 Å². The van der Waals surface area contributed by atoms with Gasteiger partial charge in [-0.05, 0) is 43.9 Å². The van der Waals surface area contributed by atoms with Crippen molar-refractivity contribution in [2.24, 2.45) is 0 Å². The van der Waals surface area contributed by atoms with Crippen molar-refractivity contribution < 1.29 is 18.1 Å². The number of nitrogens with one attached hydrogen (secondary N) is 1. The van der Waals surface area contributed by atoms with Crippen LogP contribution in [0.1, 0.15) is 35.1 Å². The zero-order valence-electron chi connectivity index (χ0n) is 16.2. The number of aryl methyl sites for hydroxylation is 2. The van der Waals surface area contributed by atoms with Crippen molar-refractivity contribution in [1.29, 1.82) is 0 Å². The molecule has 0 saturated heterocycles. The van der Waals surface area contributed by atoms with Crippen LogP contribution in [-0.4, -0.2) is 25.0 Å². The van der Waals surface area contributed by atoms with E-state index >= 15 is 0 Å². The Balaban J connectivity index is 1.94. The summed E-state index contributed by atoms with van der Waals surface area (Å²) >= 11 is 0. The summed E-state index contributed by atoms with van der Waals surface area (Å²) in [5.41, 5.74) is 3.31. The van der Waals surface area contributed by atoms with E-state index in [1.54, 1.807) is 13.0 Å². The molecule has 7 nitrogen and oxygen atoms in total. The molecule has 0 aliphatic carbocycles. The van der Waals surface area contributed by atoms with Crippen molar-refractivity contribution in [3.63, 3.8) is 0 Å². The zero-order valence-corrected chi connectivity index (χ0v) is 17.0. The van der Waals surface area contributed by atoms with Gasteiger partial charge in [0.25, 0.3) is 5.69 Å². The molecule has 0 unspecified atom stereocenters. The van der Waals surface area contributed by atoms with Gasteiger partial charge in [-0.3, -0.25) is 14.9 Å². The number of rotatable bonds is 8. The quantitative estimate of drug-likeness (QED) is 0.531. The molecule has 0 aromatic heterocycles. The second kappa shape index (κ2) is 8.97. The third-order valence-electron chi connectivity index (χ3n) is 4.59. The largest absolute Gasteiger partial charge is 0.326 e. The Hall–Kier alpha value is -2.74. The SMILES string of the molecule is Cc1cccc(C)c1NC(=O)CCCS(=O)(=O)Cc1cccc([N+](=O)[O-])c1C. The standard InChI is InChI=1S/C20H24N2O5S/c1-14-7-4-8-15(2)20(14)21-19(23)11-6-12-28(26,27)13-17-9-5-10-18(16(17)3)22(24)25/h4-5,7-10H,6,11-13H2,1-3H3,(H,21,23). The Morgan fingerprint density at radius 1 is 1.07 bits per heavy atom. The Morgan fingerprint density at radius 2 is 1.68 bits per heavy atom. The minimum Gasteiger partial charge on any atom is -0.326 e. The van der Waals surface area contributed by atoms with Gasteiger partial charge in [0.15, 0.2) is 9.84 Å². The average Bonchev–Trinajstić information content (AvgIpc) is 2.59. The van der Waals surface area contributed by atoms with Gasteiger partial charge in [0.2, 0.25) is 5.91 Å². The zero-order chi connectivity index (χ0) is 20.9. The first-order valence-corrected chi connectivity index (χ1v) is 10.7. The summed E-state index contributed by atoms with van der Waals surface area (Å²) in [5.74, 6) is -0.673. The molecular weight excluding hydrogens is 380 g/mol. The monoisotopic (exact) mass is 404 g/mol. The van der Waals surface area contributed by atoms with Gasteiger partial charge < -0.3 is 5.32 Å². The van der Waals surface area contributed by atoms with Crippen molar-refractivity contribution in [3.05, 3.63) is 68.8 Å². The minimum atomic E-state index is -3.49. The van der Waals surface area contributed by atoms with Gasteiger partial charge in [-0.15, -0.1) is 0 Å². The van der Waals surface area contributed by atoms with Gasteiger partial charge >= 0.3 is 0 Å². The van der Waals surface area contributed by atoms with Gasteiger partial charge in [-0.25, -0.2) is 8.42 Å². The molecule has 0 fully saturated rings. The third kappa shape index (κ3) is 5.63. The van der Waals surface area contributed by atoms with Gasteiger partial charge in [-0.1, -0.05) is 30.3 Å². The lowest BCUT2D eigenvalue weighted by Gasteiger charge is -2.11. The fourth-order valence-electron chi connectivity index (χ4n) is 3.00. The molecule has 2 aromatic carbocycles. The topological polar surface area (TPSA) is 106 Å². The maximum atomic E-state index is 12.4. The Morgan fingerprint density at radius 3 is 2.29 bits per heavy atom. The number of benzene rings is 2. The number of nitro benzene ring substituents is 1. The van der Waals surface area contributed by atoms with Gasteiger partial charge in [-0.2, -0.15) is 0 Å². The first-order valence-electron chi connectivity index (χ1n) is 8.90. The molecule has 8 heteroatoms. The van der Waals surface area contributed by atoms with Crippen LogP contribution in [0, 0.1) is 30.9 Å². The first kappa shape index (κ1) is 21.6. The summed E-state index contributed by atoms with van der Waals surface area (Å²) in [6.07, 6.45) is 0.272. The molecule has 0 aliphatic rings. The van der Waals surface area contributed by atoms with Crippen molar-refractivity contribution in [2.45, 2.75) is 39.4 Å². The normalized spacial score (nSPS) is 11.2. The predicted octanol–water partition coefficient (Wildman–Crippen LogP) is 3.85. The number of nitrogens with zero attached hydrogens (tertiary/aromatic N) is 1. The summed E-state index contributed by atoms with van der Waals surface area (Å²) in [7, 11) is -3.49. The lowest BCUT2D eigenvalue weighted by Crippen LogP contribution is -2.16. The predicted molar refractivity (Wildman–Crippen MR) is 109 cm³/mol. The maximum Gasteiger partial charge on any atom is 0.272 e. The lowest BCUT2D eigenvalue weighted by molar-refractivity contribution is -0.385. The van der Waals surface area contributed by atoms with Crippen LogP contribution in [0.4, 0.5) is 11.4 Å². The summed E-state index contributed by atoms with van der Waals surface area (Å²) < 4.78 is 24.8. The van der Waals surface area contributed by atoms with Gasteiger partial charge in [0.05, 0.1) is 16.4 Å². The highest BCUT2D eigenvalue weighted by Crippen LogP contribution is 2.23. The Kier molecular flexibility index (Phi) is 6.90. The van der Waals surface area contributed by atoms with Gasteiger partial charge in [0.1, 0.15) is 0 Å². The second-order valence-electron chi connectivity index (χ2n) is 6.83. The molecule has 0 atom stereocenters. The molecule has 2 rings (SSSR count). The molecule has 28 heavy (non-hydrogen) atoms. The van der Waals surface area contributed by atoms with Crippen molar-refractivity contribution >= 4 is 27.1 Å². The van der Waals surface area contributed by atoms with Crippen LogP contribution < -0.4 is 5.32 Å². The van der Waals surface area contributed by atoms with Crippen molar-refractivity contribution in [3.8, 4) is 0 Å². The second-order valence-corrected chi connectivity index (χ2v) is 9.01. The summed E-state index contributed by atoms with van der Waals surface area (Å²) in [6.45, 7) is 5.34. The maximum absolute atomic E-state index is 12.4. The molecule has 0 radical (unpaired) electrons. The van der Waals surface area contributed by atoms with E-state index in [1.165, 1.54) is 12.1 Å². The number of carbonyl (C=O) groups excluding carboxylic acids is 1. The number of hydrogen-bond donors (Lipinski definition) is 1. The van der Waals surface area contributed by atoms with Crippen LogP contribution in [-0.2, 0) is 20.4 Å². The van der Waals surface area contributed by atoms with Crippen molar-refractivity contribution in [2.75, 3.05) is 11.1 Å². The highest BCUT2D eigenvalue weighted by atomic mass is 32.2. The van der Waals surface area contributed by atoms with Gasteiger partial charge in [0, 0.05) is 23.7 Å². The van der Waals surface area contributed by atoms with E-state index in [9.17, 15) is 23.3 Å². The first-order chi connectivity index (χ1) is 13.1. The number of anilines is 1. The molecule has 0 bridgehead atoms.